The van der Waals surface area contributed by atoms with E-state index in [1.54, 1.807) is 30.3 Å². The molecular formula is C21H14ClN3O2S. The monoisotopic (exact) mass is 407 g/mol. The maximum absolute atomic E-state index is 13.0. The standard InChI is InChI=1S/C21H14ClN3O2S/c22-15-6-8-17(9-7-15)25-20(27)18(19(26)23-21(25)28)12-14-10-11-24(13-14)16-4-2-1-3-5-16/h1-13H,(H,23,26,28)/b18-12-. The molecule has 0 spiro atoms. The lowest BCUT2D eigenvalue weighted by Crippen LogP contribution is -2.54. The molecule has 2 heterocycles. The summed E-state index contributed by atoms with van der Waals surface area (Å²) in [5, 5.41) is 3.15. The summed E-state index contributed by atoms with van der Waals surface area (Å²) in [4.78, 5) is 26.7. The van der Waals surface area contributed by atoms with Crippen molar-refractivity contribution in [1.82, 2.24) is 9.88 Å². The first-order chi connectivity index (χ1) is 13.5. The van der Waals surface area contributed by atoms with E-state index in [4.69, 9.17) is 23.8 Å². The third-order valence-electron chi connectivity index (χ3n) is 4.27. The zero-order valence-electron chi connectivity index (χ0n) is 14.5. The van der Waals surface area contributed by atoms with E-state index in [1.807, 2.05) is 53.4 Å². The van der Waals surface area contributed by atoms with Gasteiger partial charge in [-0.1, -0.05) is 29.8 Å². The fourth-order valence-electron chi connectivity index (χ4n) is 2.91. The van der Waals surface area contributed by atoms with Crippen molar-refractivity contribution in [2.45, 2.75) is 0 Å². The fourth-order valence-corrected chi connectivity index (χ4v) is 3.31. The Morgan fingerprint density at radius 3 is 2.36 bits per heavy atom. The number of halogens is 1. The molecule has 1 N–H and O–H groups in total. The lowest BCUT2D eigenvalue weighted by molar-refractivity contribution is -0.122. The van der Waals surface area contributed by atoms with Crippen molar-refractivity contribution < 1.29 is 9.59 Å². The van der Waals surface area contributed by atoms with E-state index in [9.17, 15) is 9.59 Å². The second-order valence-electron chi connectivity index (χ2n) is 6.12. The Balaban J connectivity index is 1.67. The molecule has 0 bridgehead atoms. The molecule has 1 aromatic heterocycles. The van der Waals surface area contributed by atoms with Crippen LogP contribution < -0.4 is 10.2 Å². The summed E-state index contributed by atoms with van der Waals surface area (Å²) in [5.74, 6) is -1.00. The second-order valence-corrected chi connectivity index (χ2v) is 6.95. The number of hydrogen-bond donors (Lipinski definition) is 1. The van der Waals surface area contributed by atoms with Gasteiger partial charge in [-0.25, -0.2) is 0 Å². The molecule has 0 atom stereocenters. The molecular weight excluding hydrogens is 394 g/mol. The van der Waals surface area contributed by atoms with Crippen molar-refractivity contribution in [2.24, 2.45) is 0 Å². The number of aromatic nitrogens is 1. The van der Waals surface area contributed by atoms with E-state index in [2.05, 4.69) is 5.32 Å². The quantitative estimate of drug-likeness (QED) is 0.406. The number of benzene rings is 2. The van der Waals surface area contributed by atoms with Crippen molar-refractivity contribution in [3.05, 3.63) is 89.2 Å². The number of amides is 2. The van der Waals surface area contributed by atoms with Gasteiger partial charge < -0.3 is 4.57 Å². The minimum absolute atomic E-state index is 0.00867. The van der Waals surface area contributed by atoms with Gasteiger partial charge in [-0.3, -0.25) is 19.8 Å². The molecule has 0 unspecified atom stereocenters. The van der Waals surface area contributed by atoms with Crippen molar-refractivity contribution in [2.75, 3.05) is 4.90 Å². The average Bonchev–Trinajstić information content (AvgIpc) is 3.16. The van der Waals surface area contributed by atoms with Gasteiger partial charge in [-0.05, 0) is 66.3 Å². The van der Waals surface area contributed by atoms with Gasteiger partial charge in [0.25, 0.3) is 11.8 Å². The van der Waals surface area contributed by atoms with Crippen LogP contribution in [0.4, 0.5) is 5.69 Å². The highest BCUT2D eigenvalue weighted by atomic mass is 35.5. The molecule has 1 aliphatic heterocycles. The molecule has 5 nitrogen and oxygen atoms in total. The molecule has 0 radical (unpaired) electrons. The Morgan fingerprint density at radius 2 is 1.64 bits per heavy atom. The molecule has 1 aliphatic rings. The lowest BCUT2D eigenvalue weighted by atomic mass is 10.1. The molecule has 0 aliphatic carbocycles. The normalized spacial score (nSPS) is 15.8. The zero-order valence-corrected chi connectivity index (χ0v) is 16.1. The number of carbonyl (C=O) groups excluding carboxylic acids is 2. The molecule has 3 aromatic rings. The van der Waals surface area contributed by atoms with Crippen LogP contribution in [0.1, 0.15) is 5.56 Å². The van der Waals surface area contributed by atoms with Crippen LogP contribution >= 0.6 is 23.8 Å². The van der Waals surface area contributed by atoms with Crippen LogP contribution in [-0.4, -0.2) is 21.5 Å². The lowest BCUT2D eigenvalue weighted by Gasteiger charge is -2.28. The van der Waals surface area contributed by atoms with Gasteiger partial charge in [-0.2, -0.15) is 0 Å². The van der Waals surface area contributed by atoms with Crippen LogP contribution in [0.2, 0.25) is 5.02 Å². The van der Waals surface area contributed by atoms with E-state index in [-0.39, 0.29) is 10.7 Å². The predicted octanol–water partition coefficient (Wildman–Crippen LogP) is 3.96. The number of anilines is 1. The van der Waals surface area contributed by atoms with Crippen LogP contribution in [0.5, 0.6) is 0 Å². The summed E-state index contributed by atoms with van der Waals surface area (Å²) in [7, 11) is 0. The number of rotatable bonds is 3. The van der Waals surface area contributed by atoms with Crippen LogP contribution in [0, 0.1) is 0 Å². The van der Waals surface area contributed by atoms with Gasteiger partial charge in [0.15, 0.2) is 5.11 Å². The number of nitrogens with zero attached hydrogens (tertiary/aromatic N) is 2. The van der Waals surface area contributed by atoms with E-state index in [0.29, 0.717) is 10.7 Å². The molecule has 2 amide bonds. The van der Waals surface area contributed by atoms with E-state index in [0.717, 1.165) is 11.3 Å². The Bertz CT molecular complexity index is 1100. The van der Waals surface area contributed by atoms with Crippen molar-refractivity contribution >= 4 is 52.5 Å². The molecule has 0 saturated carbocycles. The molecule has 2 aromatic carbocycles. The SMILES string of the molecule is O=C1NC(=S)N(c2ccc(Cl)cc2)C(=O)/C1=C\c1ccn(-c2ccccc2)c1. The third-order valence-corrected chi connectivity index (χ3v) is 4.80. The molecule has 7 heteroatoms. The van der Waals surface area contributed by atoms with E-state index >= 15 is 0 Å². The van der Waals surface area contributed by atoms with Gasteiger partial charge >= 0.3 is 0 Å². The largest absolute Gasteiger partial charge is 0.323 e. The van der Waals surface area contributed by atoms with Crippen LogP contribution in [0.15, 0.2) is 78.6 Å². The first kappa shape index (κ1) is 18.2. The van der Waals surface area contributed by atoms with E-state index in [1.165, 1.54) is 4.90 Å². The highest BCUT2D eigenvalue weighted by Crippen LogP contribution is 2.24. The first-order valence-electron chi connectivity index (χ1n) is 8.43. The summed E-state index contributed by atoms with van der Waals surface area (Å²) in [6, 6.07) is 18.3. The molecule has 28 heavy (non-hydrogen) atoms. The summed E-state index contributed by atoms with van der Waals surface area (Å²) >= 11 is 11.1. The maximum atomic E-state index is 13.0. The Labute approximate surface area is 171 Å². The molecule has 1 saturated heterocycles. The van der Waals surface area contributed by atoms with E-state index < -0.39 is 11.8 Å². The van der Waals surface area contributed by atoms with Crippen molar-refractivity contribution in [3.63, 3.8) is 0 Å². The number of hydrogen-bond acceptors (Lipinski definition) is 3. The summed E-state index contributed by atoms with van der Waals surface area (Å²) in [6.07, 6.45) is 5.28. The highest BCUT2D eigenvalue weighted by Gasteiger charge is 2.34. The highest BCUT2D eigenvalue weighted by molar-refractivity contribution is 7.80. The maximum Gasteiger partial charge on any atom is 0.270 e. The molecule has 1 fully saturated rings. The van der Waals surface area contributed by atoms with Crippen LogP contribution in [0.3, 0.4) is 0 Å². The van der Waals surface area contributed by atoms with Crippen molar-refractivity contribution in [1.29, 1.82) is 0 Å². The zero-order chi connectivity index (χ0) is 19.7. The number of carbonyl (C=O) groups is 2. The average molecular weight is 408 g/mol. The van der Waals surface area contributed by atoms with Crippen LogP contribution in [0.25, 0.3) is 11.8 Å². The fraction of sp³-hybridized carbons (Fsp3) is 0. The van der Waals surface area contributed by atoms with Crippen molar-refractivity contribution in [3.8, 4) is 5.69 Å². The van der Waals surface area contributed by atoms with Gasteiger partial charge in [0.1, 0.15) is 5.57 Å². The van der Waals surface area contributed by atoms with Gasteiger partial charge in [0.05, 0.1) is 5.69 Å². The van der Waals surface area contributed by atoms with Gasteiger partial charge in [-0.15, -0.1) is 0 Å². The second kappa shape index (κ2) is 7.42. The number of nitrogens with one attached hydrogen (secondary N) is 1. The van der Waals surface area contributed by atoms with Gasteiger partial charge in [0, 0.05) is 23.1 Å². The first-order valence-corrected chi connectivity index (χ1v) is 9.22. The Kier molecular flexibility index (Phi) is 4.81. The smallest absolute Gasteiger partial charge is 0.270 e. The minimum atomic E-state index is -0.521. The summed E-state index contributed by atoms with van der Waals surface area (Å²) in [6.45, 7) is 0. The number of thiocarbonyl (C=S) groups is 1. The van der Waals surface area contributed by atoms with Crippen LogP contribution in [-0.2, 0) is 9.59 Å². The summed E-state index contributed by atoms with van der Waals surface area (Å²) in [5.41, 5.74) is 2.25. The Morgan fingerprint density at radius 1 is 0.929 bits per heavy atom. The predicted molar refractivity (Wildman–Crippen MR) is 113 cm³/mol. The molecule has 138 valence electrons. The Hall–Kier alpha value is -3.22. The third kappa shape index (κ3) is 3.47. The topological polar surface area (TPSA) is 54.3 Å². The molecule has 4 rings (SSSR count). The minimum Gasteiger partial charge on any atom is -0.323 e. The number of para-hydroxylation sites is 1. The van der Waals surface area contributed by atoms with Gasteiger partial charge in [0.2, 0.25) is 0 Å². The summed E-state index contributed by atoms with van der Waals surface area (Å²) < 4.78 is 1.92.